The van der Waals surface area contributed by atoms with E-state index >= 15 is 0 Å². The van der Waals surface area contributed by atoms with Gasteiger partial charge >= 0.3 is 6.03 Å². The number of fused-ring (bicyclic) bond motifs is 1. The molecule has 0 bridgehead atoms. The smallest absolute Gasteiger partial charge is 0.319 e. The number of hydrogen-bond acceptors (Lipinski definition) is 5. The number of hydrogen-bond donors (Lipinski definition) is 3. The Morgan fingerprint density at radius 2 is 1.84 bits per heavy atom. The molecule has 0 aliphatic heterocycles. The molecule has 1 unspecified atom stereocenters. The molecule has 3 N–H and O–H groups in total. The number of carbonyl (C=O) groups excluding carboxylic acids is 1. The van der Waals surface area contributed by atoms with E-state index in [2.05, 4.69) is 63.8 Å². The Labute approximate surface area is 187 Å². The van der Waals surface area contributed by atoms with Crippen molar-refractivity contribution in [1.29, 1.82) is 0 Å². The van der Waals surface area contributed by atoms with Crippen molar-refractivity contribution >= 4 is 28.7 Å². The molecule has 0 fully saturated rings. The van der Waals surface area contributed by atoms with Crippen molar-refractivity contribution in [2.45, 2.75) is 26.8 Å². The summed E-state index contributed by atoms with van der Waals surface area (Å²) in [6.07, 6.45) is 3.45. The highest BCUT2D eigenvalue weighted by Crippen LogP contribution is 2.22. The van der Waals surface area contributed by atoms with Crippen LogP contribution in [0.2, 0.25) is 0 Å². The first-order valence-electron chi connectivity index (χ1n) is 10.7. The molecule has 0 aliphatic rings. The fraction of sp³-hybridized carbons (Fsp3) is 0.250. The Hall–Kier alpha value is -3.94. The lowest BCUT2D eigenvalue weighted by Crippen LogP contribution is -2.31. The normalized spacial score (nSPS) is 12.0. The summed E-state index contributed by atoms with van der Waals surface area (Å²) in [6.45, 7) is 6.80. The number of aromatic nitrogens is 4. The Bertz CT molecular complexity index is 1200. The van der Waals surface area contributed by atoms with Crippen LogP contribution in [-0.2, 0) is 0 Å². The molecule has 32 heavy (non-hydrogen) atoms. The van der Waals surface area contributed by atoms with Crippen molar-refractivity contribution in [3.05, 3.63) is 72.7 Å². The highest BCUT2D eigenvalue weighted by atomic mass is 16.2. The second-order valence-corrected chi connectivity index (χ2v) is 8.06. The van der Waals surface area contributed by atoms with Crippen LogP contribution in [0.1, 0.15) is 32.4 Å². The first-order valence-corrected chi connectivity index (χ1v) is 10.7. The molecular weight excluding hydrogens is 402 g/mol. The van der Waals surface area contributed by atoms with E-state index in [1.165, 1.54) is 0 Å². The van der Waals surface area contributed by atoms with Crippen molar-refractivity contribution in [2.75, 3.05) is 17.2 Å². The van der Waals surface area contributed by atoms with Gasteiger partial charge in [0.2, 0.25) is 5.95 Å². The van der Waals surface area contributed by atoms with Crippen LogP contribution in [0.15, 0.2) is 67.1 Å². The minimum atomic E-state index is -0.225. The van der Waals surface area contributed by atoms with Crippen LogP contribution in [0, 0.1) is 5.92 Å². The zero-order valence-electron chi connectivity index (χ0n) is 18.4. The van der Waals surface area contributed by atoms with Gasteiger partial charge in [0.15, 0.2) is 0 Å². The summed E-state index contributed by atoms with van der Waals surface area (Å²) < 4.78 is 1.90. The predicted molar refractivity (Wildman–Crippen MR) is 127 cm³/mol. The average Bonchev–Trinajstić information content (AvgIpc) is 3.22. The zero-order chi connectivity index (χ0) is 22.5. The molecule has 0 saturated carbocycles. The second kappa shape index (κ2) is 9.47. The van der Waals surface area contributed by atoms with Crippen LogP contribution in [0.25, 0.3) is 16.9 Å². The summed E-state index contributed by atoms with van der Waals surface area (Å²) in [5, 5.41) is 9.04. The van der Waals surface area contributed by atoms with Crippen LogP contribution in [0.4, 0.5) is 16.4 Å². The van der Waals surface area contributed by atoms with E-state index in [9.17, 15) is 4.79 Å². The van der Waals surface area contributed by atoms with Gasteiger partial charge in [-0.2, -0.15) is 4.98 Å². The molecule has 164 valence electrons. The molecule has 2 aromatic heterocycles. The van der Waals surface area contributed by atoms with Crippen molar-refractivity contribution in [3.63, 3.8) is 0 Å². The Balaban J connectivity index is 1.51. The fourth-order valence-corrected chi connectivity index (χ4v) is 3.32. The van der Waals surface area contributed by atoms with E-state index in [1.54, 1.807) is 12.5 Å². The first kappa shape index (κ1) is 21.3. The van der Waals surface area contributed by atoms with Gasteiger partial charge in [-0.15, -0.1) is 0 Å². The molecule has 0 saturated heterocycles. The van der Waals surface area contributed by atoms with Gasteiger partial charge in [0.1, 0.15) is 12.1 Å². The summed E-state index contributed by atoms with van der Waals surface area (Å²) in [5.41, 5.74) is 3.49. The van der Waals surface area contributed by atoms with Gasteiger partial charge in [0.05, 0.1) is 17.1 Å². The molecule has 2 aromatic carbocycles. The van der Waals surface area contributed by atoms with Crippen LogP contribution >= 0.6 is 0 Å². The summed E-state index contributed by atoms with van der Waals surface area (Å²) in [6, 6.07) is 17.5. The molecule has 2 heterocycles. The molecule has 8 nitrogen and oxygen atoms in total. The Morgan fingerprint density at radius 3 is 2.62 bits per heavy atom. The summed E-state index contributed by atoms with van der Waals surface area (Å²) >= 11 is 0. The van der Waals surface area contributed by atoms with E-state index in [0.717, 1.165) is 16.6 Å². The quantitative estimate of drug-likeness (QED) is 0.393. The van der Waals surface area contributed by atoms with Crippen LogP contribution in [0.3, 0.4) is 0 Å². The summed E-state index contributed by atoms with van der Waals surface area (Å²) in [7, 11) is 0. The standard InChI is InChI=1S/C24H27N7O/c1-16(2)14-26-24(32)29-19-9-10-21-20(13-19)27-15-31(21)22-11-12-25-23(30-22)28-17(3)18-7-5-4-6-8-18/h4-13,15-17H,14H2,1-3H3,(H,25,28,30)(H2,26,29,32). The van der Waals surface area contributed by atoms with Gasteiger partial charge in [-0.1, -0.05) is 44.2 Å². The lowest BCUT2D eigenvalue weighted by atomic mass is 10.1. The molecule has 2 amide bonds. The number of anilines is 2. The highest BCUT2D eigenvalue weighted by molar-refractivity contribution is 5.92. The van der Waals surface area contributed by atoms with E-state index in [-0.39, 0.29) is 12.1 Å². The molecule has 0 spiro atoms. The van der Waals surface area contributed by atoms with Gasteiger partial charge in [-0.05, 0) is 42.7 Å². The largest absolute Gasteiger partial charge is 0.348 e. The van der Waals surface area contributed by atoms with Gasteiger partial charge in [0, 0.05) is 18.4 Å². The summed E-state index contributed by atoms with van der Waals surface area (Å²) in [5.74, 6) is 1.64. The molecule has 8 heteroatoms. The number of nitrogens with zero attached hydrogens (tertiary/aromatic N) is 4. The topological polar surface area (TPSA) is 96.8 Å². The maximum absolute atomic E-state index is 12.0. The maximum Gasteiger partial charge on any atom is 0.319 e. The predicted octanol–water partition coefficient (Wildman–Crippen LogP) is 4.77. The van der Waals surface area contributed by atoms with Crippen molar-refractivity contribution < 1.29 is 4.79 Å². The molecule has 0 radical (unpaired) electrons. The number of rotatable bonds is 7. The van der Waals surface area contributed by atoms with Gasteiger partial charge in [0.25, 0.3) is 0 Å². The number of carbonyl (C=O) groups is 1. The summed E-state index contributed by atoms with van der Waals surface area (Å²) in [4.78, 5) is 25.5. The van der Waals surface area contributed by atoms with E-state index < -0.39 is 0 Å². The third kappa shape index (κ3) is 5.03. The van der Waals surface area contributed by atoms with Crippen LogP contribution in [-0.4, -0.2) is 32.1 Å². The fourth-order valence-electron chi connectivity index (χ4n) is 3.32. The third-order valence-corrected chi connectivity index (χ3v) is 5.01. The minimum absolute atomic E-state index is 0.0708. The lowest BCUT2D eigenvalue weighted by molar-refractivity contribution is 0.251. The first-order chi connectivity index (χ1) is 15.5. The Morgan fingerprint density at radius 1 is 1.03 bits per heavy atom. The number of benzene rings is 2. The van der Waals surface area contributed by atoms with Gasteiger partial charge < -0.3 is 16.0 Å². The SMILES string of the molecule is CC(C)CNC(=O)Nc1ccc2c(c1)ncn2-c1ccnc(NC(C)c2ccccc2)n1. The molecule has 0 aliphatic carbocycles. The monoisotopic (exact) mass is 429 g/mol. The molecule has 1 atom stereocenters. The van der Waals surface area contributed by atoms with E-state index in [4.69, 9.17) is 0 Å². The van der Waals surface area contributed by atoms with E-state index in [0.29, 0.717) is 29.9 Å². The third-order valence-electron chi connectivity index (χ3n) is 5.01. The average molecular weight is 430 g/mol. The molecule has 4 aromatic rings. The highest BCUT2D eigenvalue weighted by Gasteiger charge is 2.11. The number of amides is 2. The van der Waals surface area contributed by atoms with Gasteiger partial charge in [-0.3, -0.25) is 4.57 Å². The maximum atomic E-state index is 12.0. The molecule has 4 rings (SSSR count). The van der Waals surface area contributed by atoms with Crippen LogP contribution < -0.4 is 16.0 Å². The van der Waals surface area contributed by atoms with Crippen molar-refractivity contribution in [3.8, 4) is 5.82 Å². The van der Waals surface area contributed by atoms with Crippen LogP contribution in [0.5, 0.6) is 0 Å². The van der Waals surface area contributed by atoms with Crippen molar-refractivity contribution in [1.82, 2.24) is 24.8 Å². The molecular formula is C24H27N7O. The Kier molecular flexibility index (Phi) is 6.30. The number of urea groups is 1. The zero-order valence-corrected chi connectivity index (χ0v) is 18.4. The van der Waals surface area contributed by atoms with Crippen molar-refractivity contribution in [2.24, 2.45) is 5.92 Å². The number of imidazole rings is 1. The lowest BCUT2D eigenvalue weighted by Gasteiger charge is -2.14. The van der Waals surface area contributed by atoms with Gasteiger partial charge in [-0.25, -0.2) is 14.8 Å². The number of nitrogens with one attached hydrogen (secondary N) is 3. The van der Waals surface area contributed by atoms with E-state index in [1.807, 2.05) is 47.0 Å². The minimum Gasteiger partial charge on any atom is -0.348 e. The second-order valence-electron chi connectivity index (χ2n) is 8.06.